The van der Waals surface area contributed by atoms with Crippen LogP contribution in [0.3, 0.4) is 0 Å². The molecule has 0 saturated carbocycles. The van der Waals surface area contributed by atoms with Crippen LogP contribution in [0.15, 0.2) is 24.3 Å². The average molecular weight is 260 g/mol. The Kier molecular flexibility index (Phi) is 5.00. The Morgan fingerprint density at radius 3 is 2.53 bits per heavy atom. The second-order valence-corrected chi connectivity index (χ2v) is 6.66. The highest BCUT2D eigenvalue weighted by molar-refractivity contribution is 5.21. The zero-order chi connectivity index (χ0) is 13.8. The van der Waals surface area contributed by atoms with Crippen LogP contribution in [-0.4, -0.2) is 30.6 Å². The van der Waals surface area contributed by atoms with Gasteiger partial charge in [-0.15, -0.1) is 0 Å². The van der Waals surface area contributed by atoms with Crippen LogP contribution in [0.2, 0.25) is 0 Å². The summed E-state index contributed by atoms with van der Waals surface area (Å²) < 4.78 is 0. The normalized spacial score (nSPS) is 24.9. The summed E-state index contributed by atoms with van der Waals surface area (Å²) in [5.74, 6) is 1.44. The van der Waals surface area contributed by atoms with E-state index in [1.54, 1.807) is 0 Å². The zero-order valence-electron chi connectivity index (χ0n) is 12.6. The topological polar surface area (TPSA) is 29.3 Å². The van der Waals surface area contributed by atoms with Crippen LogP contribution in [0.4, 0.5) is 0 Å². The van der Waals surface area contributed by atoms with Crippen molar-refractivity contribution in [3.05, 3.63) is 35.4 Å². The number of benzene rings is 1. The van der Waals surface area contributed by atoms with Crippen LogP contribution >= 0.6 is 0 Å². The molecule has 2 heteroatoms. The van der Waals surface area contributed by atoms with Crippen molar-refractivity contribution in [2.75, 3.05) is 19.6 Å². The summed E-state index contributed by atoms with van der Waals surface area (Å²) in [5.41, 5.74) is 9.02. The molecule has 1 aliphatic rings. The van der Waals surface area contributed by atoms with E-state index < -0.39 is 0 Å². The van der Waals surface area contributed by atoms with Gasteiger partial charge in [0.05, 0.1) is 0 Å². The van der Waals surface area contributed by atoms with Crippen molar-refractivity contribution in [1.29, 1.82) is 0 Å². The van der Waals surface area contributed by atoms with Crippen molar-refractivity contribution in [1.82, 2.24) is 4.90 Å². The van der Waals surface area contributed by atoms with Gasteiger partial charge in [0, 0.05) is 25.7 Å². The fourth-order valence-corrected chi connectivity index (χ4v) is 3.22. The van der Waals surface area contributed by atoms with Gasteiger partial charge in [-0.2, -0.15) is 0 Å². The summed E-state index contributed by atoms with van der Waals surface area (Å²) in [6.45, 7) is 10.2. The first-order chi connectivity index (χ1) is 9.02. The molecule has 1 aromatic carbocycles. The first-order valence-electron chi connectivity index (χ1n) is 7.56. The molecule has 0 bridgehead atoms. The van der Waals surface area contributed by atoms with Crippen LogP contribution in [0.25, 0.3) is 0 Å². The predicted octanol–water partition coefficient (Wildman–Crippen LogP) is 2.84. The van der Waals surface area contributed by atoms with E-state index in [2.05, 4.69) is 49.9 Å². The Labute approximate surface area is 118 Å². The largest absolute Gasteiger partial charge is 0.327 e. The van der Waals surface area contributed by atoms with Gasteiger partial charge in [-0.05, 0) is 37.2 Å². The van der Waals surface area contributed by atoms with Crippen molar-refractivity contribution in [3.8, 4) is 0 Å². The Hall–Kier alpha value is -0.860. The molecule has 1 aliphatic heterocycles. The molecule has 1 aromatic rings. The summed E-state index contributed by atoms with van der Waals surface area (Å²) >= 11 is 0. The van der Waals surface area contributed by atoms with E-state index in [4.69, 9.17) is 5.73 Å². The highest BCUT2D eigenvalue weighted by Gasteiger charge is 2.25. The van der Waals surface area contributed by atoms with Crippen LogP contribution in [0.1, 0.15) is 31.4 Å². The number of hydrogen-bond acceptors (Lipinski definition) is 2. The number of rotatable bonds is 4. The highest BCUT2D eigenvalue weighted by Crippen LogP contribution is 2.21. The lowest BCUT2D eigenvalue weighted by molar-refractivity contribution is 0.142. The lowest BCUT2D eigenvalue weighted by Gasteiger charge is -2.37. The van der Waals surface area contributed by atoms with Crippen LogP contribution < -0.4 is 5.73 Å². The highest BCUT2D eigenvalue weighted by atomic mass is 15.1. The summed E-state index contributed by atoms with van der Waals surface area (Å²) in [5, 5.41) is 0. The van der Waals surface area contributed by atoms with Gasteiger partial charge in [-0.3, -0.25) is 0 Å². The molecule has 0 aliphatic carbocycles. The monoisotopic (exact) mass is 260 g/mol. The van der Waals surface area contributed by atoms with Gasteiger partial charge in [0.15, 0.2) is 0 Å². The molecule has 2 atom stereocenters. The first-order valence-corrected chi connectivity index (χ1v) is 7.56. The smallest absolute Gasteiger partial charge is 0.0171 e. The van der Waals surface area contributed by atoms with Crippen molar-refractivity contribution in [2.24, 2.45) is 17.6 Å². The Balaban J connectivity index is 1.93. The molecule has 0 spiro atoms. The molecule has 1 heterocycles. The zero-order valence-corrected chi connectivity index (χ0v) is 12.6. The van der Waals surface area contributed by atoms with E-state index in [-0.39, 0.29) is 0 Å². The maximum Gasteiger partial charge on any atom is 0.0171 e. The molecule has 0 radical (unpaired) electrons. The van der Waals surface area contributed by atoms with Crippen molar-refractivity contribution in [2.45, 2.75) is 39.7 Å². The third-order valence-electron chi connectivity index (χ3n) is 3.91. The molecule has 1 saturated heterocycles. The molecule has 2 unspecified atom stereocenters. The van der Waals surface area contributed by atoms with Crippen molar-refractivity contribution >= 4 is 0 Å². The Morgan fingerprint density at radius 2 is 1.89 bits per heavy atom. The van der Waals surface area contributed by atoms with Gasteiger partial charge in [0.2, 0.25) is 0 Å². The Bertz CT molecular complexity index is 381. The third-order valence-corrected chi connectivity index (χ3v) is 3.91. The van der Waals surface area contributed by atoms with E-state index >= 15 is 0 Å². The molecular weight excluding hydrogens is 232 g/mol. The lowest BCUT2D eigenvalue weighted by Crippen LogP contribution is -2.48. The summed E-state index contributed by atoms with van der Waals surface area (Å²) in [4.78, 5) is 2.55. The van der Waals surface area contributed by atoms with Crippen LogP contribution in [0, 0.1) is 18.8 Å². The van der Waals surface area contributed by atoms with Gasteiger partial charge >= 0.3 is 0 Å². The molecule has 0 aromatic heterocycles. The standard InChI is InChI=1S/C17H28N2/c1-13(2)10-19-11-16(9-17(18)12-19)8-15-6-4-14(3)5-7-15/h4-7,13,16-17H,8-12,18H2,1-3H3. The molecule has 1 fully saturated rings. The maximum atomic E-state index is 6.23. The van der Waals surface area contributed by atoms with E-state index in [1.807, 2.05) is 0 Å². The minimum Gasteiger partial charge on any atom is -0.327 e. The average Bonchev–Trinajstić information content (AvgIpc) is 2.30. The molecule has 2 N–H and O–H groups in total. The SMILES string of the molecule is Cc1ccc(CC2CC(N)CN(CC(C)C)C2)cc1. The molecule has 2 rings (SSSR count). The second kappa shape index (κ2) is 6.53. The van der Waals surface area contributed by atoms with Gasteiger partial charge < -0.3 is 10.6 Å². The quantitative estimate of drug-likeness (QED) is 0.902. The minimum atomic E-state index is 0.350. The van der Waals surface area contributed by atoms with Gasteiger partial charge in [0.25, 0.3) is 0 Å². The number of piperidine rings is 1. The molecule has 0 amide bonds. The van der Waals surface area contributed by atoms with Gasteiger partial charge in [0.1, 0.15) is 0 Å². The van der Waals surface area contributed by atoms with Gasteiger partial charge in [-0.25, -0.2) is 0 Å². The predicted molar refractivity (Wildman–Crippen MR) is 82.2 cm³/mol. The second-order valence-electron chi connectivity index (χ2n) is 6.66. The number of nitrogens with zero attached hydrogens (tertiary/aromatic N) is 1. The van der Waals surface area contributed by atoms with Crippen LogP contribution in [-0.2, 0) is 6.42 Å². The van der Waals surface area contributed by atoms with Crippen molar-refractivity contribution < 1.29 is 0 Å². The van der Waals surface area contributed by atoms with E-state index in [9.17, 15) is 0 Å². The lowest BCUT2D eigenvalue weighted by atomic mass is 9.88. The molecule has 106 valence electrons. The summed E-state index contributed by atoms with van der Waals surface area (Å²) in [6, 6.07) is 9.31. The number of hydrogen-bond donors (Lipinski definition) is 1. The van der Waals surface area contributed by atoms with E-state index in [0.717, 1.165) is 12.5 Å². The maximum absolute atomic E-state index is 6.23. The summed E-state index contributed by atoms with van der Waals surface area (Å²) in [6.07, 6.45) is 2.34. The first kappa shape index (κ1) is 14.5. The van der Waals surface area contributed by atoms with Gasteiger partial charge in [-0.1, -0.05) is 43.7 Å². The summed E-state index contributed by atoms with van der Waals surface area (Å²) in [7, 11) is 0. The molecule has 19 heavy (non-hydrogen) atoms. The Morgan fingerprint density at radius 1 is 1.21 bits per heavy atom. The number of aryl methyl sites for hydroxylation is 1. The number of likely N-dealkylation sites (tertiary alicyclic amines) is 1. The van der Waals surface area contributed by atoms with Crippen LogP contribution in [0.5, 0.6) is 0 Å². The van der Waals surface area contributed by atoms with Crippen molar-refractivity contribution in [3.63, 3.8) is 0 Å². The number of nitrogens with two attached hydrogens (primary N) is 1. The molecule has 2 nitrogen and oxygen atoms in total. The fourth-order valence-electron chi connectivity index (χ4n) is 3.22. The third kappa shape index (κ3) is 4.63. The molecular formula is C17H28N2. The van der Waals surface area contributed by atoms with E-state index in [1.165, 1.54) is 37.1 Å². The minimum absolute atomic E-state index is 0.350. The fraction of sp³-hybridized carbons (Fsp3) is 0.647. The van der Waals surface area contributed by atoms with E-state index in [0.29, 0.717) is 12.0 Å².